The van der Waals surface area contributed by atoms with Gasteiger partial charge in [0, 0.05) is 38.4 Å². The first-order chi connectivity index (χ1) is 14.5. The van der Waals surface area contributed by atoms with Crippen LogP contribution < -0.4 is 15.4 Å². The standard InChI is InChI=1S/C23H30N4O3/c1-18-8-9-21(19(2)16-18)24-23(29)25-22(28)17-27-12-10-26(11-13-27)14-15-30-20-6-4-3-5-7-20/h3-9,16H,10-15,17H2,1-2H3,(H2,24,25,28,29). The number of imide groups is 1. The van der Waals surface area contributed by atoms with E-state index in [1.54, 1.807) is 0 Å². The molecule has 3 amide bonds. The summed E-state index contributed by atoms with van der Waals surface area (Å²) in [4.78, 5) is 28.7. The third-order valence-corrected chi connectivity index (χ3v) is 5.13. The van der Waals surface area contributed by atoms with Crippen molar-refractivity contribution >= 4 is 17.6 Å². The predicted molar refractivity (Wildman–Crippen MR) is 118 cm³/mol. The van der Waals surface area contributed by atoms with Gasteiger partial charge in [0.25, 0.3) is 0 Å². The molecule has 0 aliphatic carbocycles. The molecular weight excluding hydrogens is 380 g/mol. The molecule has 7 heteroatoms. The minimum absolute atomic E-state index is 0.217. The van der Waals surface area contributed by atoms with Gasteiger partial charge in [0.05, 0.1) is 6.54 Å². The predicted octanol–water partition coefficient (Wildman–Crippen LogP) is 2.65. The fourth-order valence-electron chi connectivity index (χ4n) is 3.46. The van der Waals surface area contributed by atoms with E-state index in [1.165, 1.54) is 0 Å². The van der Waals surface area contributed by atoms with Crippen LogP contribution in [0.5, 0.6) is 5.75 Å². The van der Waals surface area contributed by atoms with Crippen molar-refractivity contribution < 1.29 is 14.3 Å². The lowest BCUT2D eigenvalue weighted by Gasteiger charge is -2.34. The minimum Gasteiger partial charge on any atom is -0.492 e. The van der Waals surface area contributed by atoms with Crippen LogP contribution in [0.25, 0.3) is 0 Å². The van der Waals surface area contributed by atoms with Gasteiger partial charge in [-0.15, -0.1) is 0 Å². The number of urea groups is 1. The van der Waals surface area contributed by atoms with Crippen molar-refractivity contribution in [2.75, 3.05) is 51.2 Å². The zero-order valence-electron chi connectivity index (χ0n) is 17.7. The molecule has 1 fully saturated rings. The van der Waals surface area contributed by atoms with E-state index in [0.29, 0.717) is 12.3 Å². The van der Waals surface area contributed by atoms with Gasteiger partial charge in [-0.05, 0) is 37.6 Å². The number of carbonyl (C=O) groups excluding carboxylic acids is 2. The Morgan fingerprint density at radius 3 is 2.37 bits per heavy atom. The molecular formula is C23H30N4O3. The topological polar surface area (TPSA) is 73.9 Å². The zero-order chi connectivity index (χ0) is 21.3. The van der Waals surface area contributed by atoms with Crippen LogP contribution in [-0.4, -0.2) is 67.6 Å². The molecule has 1 aliphatic heterocycles. The number of rotatable bonds is 7. The Balaban J connectivity index is 1.33. The molecule has 160 valence electrons. The van der Waals surface area contributed by atoms with Crippen molar-refractivity contribution in [3.63, 3.8) is 0 Å². The highest BCUT2D eigenvalue weighted by atomic mass is 16.5. The van der Waals surface area contributed by atoms with Crippen LogP contribution >= 0.6 is 0 Å². The normalized spacial score (nSPS) is 14.9. The molecule has 0 unspecified atom stereocenters. The van der Waals surface area contributed by atoms with Crippen LogP contribution in [0.1, 0.15) is 11.1 Å². The van der Waals surface area contributed by atoms with Crippen molar-refractivity contribution in [3.8, 4) is 5.75 Å². The summed E-state index contributed by atoms with van der Waals surface area (Å²) in [7, 11) is 0. The highest BCUT2D eigenvalue weighted by Crippen LogP contribution is 2.15. The average Bonchev–Trinajstić information content (AvgIpc) is 2.72. The summed E-state index contributed by atoms with van der Waals surface area (Å²) in [6.07, 6.45) is 0. The van der Waals surface area contributed by atoms with Crippen molar-refractivity contribution in [1.82, 2.24) is 15.1 Å². The number of aryl methyl sites for hydroxylation is 2. The van der Waals surface area contributed by atoms with Gasteiger partial charge >= 0.3 is 6.03 Å². The molecule has 1 heterocycles. The quantitative estimate of drug-likeness (QED) is 0.734. The van der Waals surface area contributed by atoms with Crippen molar-refractivity contribution in [2.45, 2.75) is 13.8 Å². The van der Waals surface area contributed by atoms with E-state index in [4.69, 9.17) is 4.74 Å². The summed E-state index contributed by atoms with van der Waals surface area (Å²) in [5.41, 5.74) is 2.79. The molecule has 1 aliphatic rings. The van der Waals surface area contributed by atoms with E-state index >= 15 is 0 Å². The lowest BCUT2D eigenvalue weighted by atomic mass is 10.1. The van der Waals surface area contributed by atoms with Crippen LogP contribution in [0.4, 0.5) is 10.5 Å². The van der Waals surface area contributed by atoms with Gasteiger partial charge in [-0.3, -0.25) is 19.9 Å². The molecule has 0 radical (unpaired) electrons. The number of hydrogen-bond donors (Lipinski definition) is 2. The second-order valence-electron chi connectivity index (χ2n) is 7.60. The highest BCUT2D eigenvalue weighted by molar-refractivity contribution is 6.02. The Morgan fingerprint density at radius 1 is 0.967 bits per heavy atom. The van der Waals surface area contributed by atoms with E-state index in [9.17, 15) is 9.59 Å². The average molecular weight is 411 g/mol. The smallest absolute Gasteiger partial charge is 0.325 e. The molecule has 3 rings (SSSR count). The Labute approximate surface area is 178 Å². The molecule has 0 spiro atoms. The number of amides is 3. The molecule has 1 saturated heterocycles. The Morgan fingerprint density at radius 2 is 1.67 bits per heavy atom. The first-order valence-corrected chi connectivity index (χ1v) is 10.3. The van der Waals surface area contributed by atoms with E-state index in [0.717, 1.165) is 49.6 Å². The molecule has 7 nitrogen and oxygen atoms in total. The van der Waals surface area contributed by atoms with Gasteiger partial charge in [-0.2, -0.15) is 0 Å². The van der Waals surface area contributed by atoms with Crippen molar-refractivity contribution in [3.05, 3.63) is 59.7 Å². The zero-order valence-corrected chi connectivity index (χ0v) is 17.7. The SMILES string of the molecule is Cc1ccc(NC(=O)NC(=O)CN2CCN(CCOc3ccccc3)CC2)c(C)c1. The summed E-state index contributed by atoms with van der Waals surface area (Å²) in [6.45, 7) is 8.96. The number of piperazine rings is 1. The van der Waals surface area contributed by atoms with E-state index < -0.39 is 6.03 Å². The van der Waals surface area contributed by atoms with Crippen LogP contribution in [0.2, 0.25) is 0 Å². The van der Waals surface area contributed by atoms with Gasteiger partial charge in [0.2, 0.25) is 5.91 Å². The van der Waals surface area contributed by atoms with Crippen LogP contribution in [0.15, 0.2) is 48.5 Å². The number of benzene rings is 2. The number of ether oxygens (including phenoxy) is 1. The summed E-state index contributed by atoms with van der Waals surface area (Å²) < 4.78 is 5.74. The summed E-state index contributed by atoms with van der Waals surface area (Å²) >= 11 is 0. The van der Waals surface area contributed by atoms with E-state index in [2.05, 4.69) is 20.4 Å². The monoisotopic (exact) mass is 410 g/mol. The second kappa shape index (κ2) is 10.8. The van der Waals surface area contributed by atoms with Crippen molar-refractivity contribution in [1.29, 1.82) is 0 Å². The number of nitrogens with zero attached hydrogens (tertiary/aromatic N) is 2. The summed E-state index contributed by atoms with van der Waals surface area (Å²) in [6, 6.07) is 15.0. The number of para-hydroxylation sites is 1. The minimum atomic E-state index is -0.497. The highest BCUT2D eigenvalue weighted by Gasteiger charge is 2.20. The number of anilines is 1. The maximum atomic E-state index is 12.2. The van der Waals surface area contributed by atoms with E-state index in [1.807, 2.05) is 62.4 Å². The van der Waals surface area contributed by atoms with Crippen LogP contribution in [0.3, 0.4) is 0 Å². The number of hydrogen-bond acceptors (Lipinski definition) is 5. The first kappa shape index (κ1) is 21.8. The Hall–Kier alpha value is -2.90. The van der Waals surface area contributed by atoms with Gasteiger partial charge < -0.3 is 10.1 Å². The number of carbonyl (C=O) groups is 2. The lowest BCUT2D eigenvalue weighted by molar-refractivity contribution is -0.121. The Kier molecular flexibility index (Phi) is 7.82. The van der Waals surface area contributed by atoms with Gasteiger partial charge in [-0.25, -0.2) is 4.79 Å². The summed E-state index contributed by atoms with van der Waals surface area (Å²) in [5.74, 6) is 0.588. The van der Waals surface area contributed by atoms with E-state index in [-0.39, 0.29) is 12.5 Å². The third-order valence-electron chi connectivity index (χ3n) is 5.13. The van der Waals surface area contributed by atoms with Gasteiger partial charge in [0.15, 0.2) is 0 Å². The maximum Gasteiger partial charge on any atom is 0.325 e. The van der Waals surface area contributed by atoms with Crippen LogP contribution in [0, 0.1) is 13.8 Å². The van der Waals surface area contributed by atoms with Gasteiger partial charge in [-0.1, -0.05) is 35.9 Å². The molecule has 30 heavy (non-hydrogen) atoms. The molecule has 2 N–H and O–H groups in total. The second-order valence-corrected chi connectivity index (χ2v) is 7.60. The van der Waals surface area contributed by atoms with Crippen molar-refractivity contribution in [2.24, 2.45) is 0 Å². The molecule has 2 aromatic carbocycles. The summed E-state index contributed by atoms with van der Waals surface area (Å²) in [5, 5.41) is 5.15. The molecule has 0 saturated carbocycles. The van der Waals surface area contributed by atoms with Gasteiger partial charge in [0.1, 0.15) is 12.4 Å². The fourth-order valence-corrected chi connectivity index (χ4v) is 3.46. The maximum absolute atomic E-state index is 12.2. The molecule has 0 atom stereocenters. The third kappa shape index (κ3) is 6.86. The largest absolute Gasteiger partial charge is 0.492 e. The first-order valence-electron chi connectivity index (χ1n) is 10.3. The molecule has 2 aromatic rings. The van der Waals surface area contributed by atoms with Crippen LogP contribution in [-0.2, 0) is 4.79 Å². The number of nitrogens with one attached hydrogen (secondary N) is 2. The Bertz CT molecular complexity index is 849. The lowest BCUT2D eigenvalue weighted by Crippen LogP contribution is -2.51. The molecule has 0 aromatic heterocycles. The fraction of sp³-hybridized carbons (Fsp3) is 0.391. The molecule has 0 bridgehead atoms.